The van der Waals surface area contributed by atoms with Crippen LogP contribution in [0, 0.1) is 22.2 Å². The molecule has 0 aliphatic heterocycles. The van der Waals surface area contributed by atoms with Crippen LogP contribution >= 0.6 is 0 Å². The van der Waals surface area contributed by atoms with Crippen molar-refractivity contribution in [3.05, 3.63) is 0 Å². The summed E-state index contributed by atoms with van der Waals surface area (Å²) in [6, 6.07) is 2.10. The smallest absolute Gasteiger partial charge is 0.311 e. The monoisotopic (exact) mass is 551 g/mol. The Labute approximate surface area is 227 Å². The van der Waals surface area contributed by atoms with Crippen molar-refractivity contribution in [2.24, 2.45) is 10.8 Å². The van der Waals surface area contributed by atoms with Gasteiger partial charge in [0.2, 0.25) is 0 Å². The number of rotatable bonds is 12. The van der Waals surface area contributed by atoms with Gasteiger partial charge >= 0.3 is 23.9 Å². The molecule has 0 unspecified atom stereocenters. The average Bonchev–Trinajstić information content (AvgIpc) is 2.87. The first-order valence-corrected chi connectivity index (χ1v) is 12.4. The van der Waals surface area contributed by atoms with Crippen molar-refractivity contribution in [3.63, 3.8) is 0 Å². The predicted octanol–water partition coefficient (Wildman–Crippen LogP) is 2.31. The van der Waals surface area contributed by atoms with Gasteiger partial charge in [-0.1, -0.05) is 13.8 Å². The quantitative estimate of drug-likeness (QED) is 0.237. The van der Waals surface area contributed by atoms with Gasteiger partial charge in [-0.2, -0.15) is 5.26 Å². The van der Waals surface area contributed by atoms with E-state index in [4.69, 9.17) is 25.3 Å². The number of hydrogen-bond donors (Lipinski definition) is 3. The van der Waals surface area contributed by atoms with Gasteiger partial charge in [0.1, 0.15) is 19.8 Å². The van der Waals surface area contributed by atoms with Crippen LogP contribution in [-0.4, -0.2) is 85.4 Å². The number of esters is 4. The molecule has 0 amide bonds. The predicted molar refractivity (Wildman–Crippen MR) is 139 cm³/mol. The van der Waals surface area contributed by atoms with Crippen molar-refractivity contribution in [3.8, 4) is 6.07 Å². The fourth-order valence-corrected chi connectivity index (χ4v) is 1.56. The van der Waals surface area contributed by atoms with Crippen LogP contribution in [0.3, 0.4) is 0 Å². The molecule has 0 fully saturated rings. The normalized spacial score (nSPS) is 9.95. The van der Waals surface area contributed by atoms with E-state index in [1.165, 1.54) is 6.92 Å². The number of aliphatic hydroxyl groups is 3. The number of ether oxygens (including phenoxy) is 4. The van der Waals surface area contributed by atoms with Crippen LogP contribution in [0.1, 0.15) is 81.1 Å². The molecule has 224 valence electrons. The maximum absolute atomic E-state index is 10.9. The molecule has 0 aliphatic rings. The van der Waals surface area contributed by atoms with Gasteiger partial charge in [0.05, 0.1) is 43.3 Å². The molecule has 0 heterocycles. The molecule has 0 radical (unpaired) electrons. The third kappa shape index (κ3) is 37.8. The van der Waals surface area contributed by atoms with Crippen molar-refractivity contribution in [1.29, 1.82) is 5.26 Å². The summed E-state index contributed by atoms with van der Waals surface area (Å²) < 4.78 is 18.3. The molecule has 0 saturated carbocycles. The minimum absolute atomic E-state index is 0.0335. The number of aliphatic hydroxyl groups excluding tert-OH is 3. The third-order valence-electron chi connectivity index (χ3n) is 3.70. The second-order valence-electron chi connectivity index (χ2n) is 9.19. The molecule has 12 heteroatoms. The van der Waals surface area contributed by atoms with Gasteiger partial charge in [0.25, 0.3) is 0 Å². The Bertz CT molecular complexity index is 665. The van der Waals surface area contributed by atoms with Crippen LogP contribution in [0.25, 0.3) is 0 Å². The van der Waals surface area contributed by atoms with E-state index in [9.17, 15) is 19.2 Å². The van der Waals surface area contributed by atoms with Gasteiger partial charge in [-0.3, -0.25) is 19.2 Å². The van der Waals surface area contributed by atoms with Gasteiger partial charge in [-0.25, -0.2) is 0 Å². The molecule has 0 aliphatic carbocycles. The van der Waals surface area contributed by atoms with Crippen molar-refractivity contribution in [2.75, 3.05) is 46.2 Å². The number of hydrogen-bond acceptors (Lipinski definition) is 12. The molecule has 0 aromatic rings. The second kappa shape index (κ2) is 27.3. The molecule has 0 spiro atoms. The van der Waals surface area contributed by atoms with Crippen LogP contribution in [0.5, 0.6) is 0 Å². The molecule has 12 nitrogen and oxygen atoms in total. The summed E-state index contributed by atoms with van der Waals surface area (Å²) in [5.74, 6) is -1.10. The van der Waals surface area contributed by atoms with E-state index in [1.807, 2.05) is 6.92 Å². The highest BCUT2D eigenvalue weighted by Crippen LogP contribution is 2.20. The van der Waals surface area contributed by atoms with E-state index < -0.39 is 10.8 Å². The van der Waals surface area contributed by atoms with E-state index in [0.717, 1.165) is 6.42 Å². The fourth-order valence-electron chi connectivity index (χ4n) is 1.56. The Balaban J connectivity index is -0.000000209. The van der Waals surface area contributed by atoms with Gasteiger partial charge in [0.15, 0.2) is 0 Å². The summed E-state index contributed by atoms with van der Waals surface area (Å²) in [4.78, 5) is 42.0. The van der Waals surface area contributed by atoms with Gasteiger partial charge in [-0.15, -0.1) is 0 Å². The lowest BCUT2D eigenvalue weighted by atomic mass is 9.90. The van der Waals surface area contributed by atoms with Crippen LogP contribution in [0.4, 0.5) is 0 Å². The first-order valence-electron chi connectivity index (χ1n) is 12.4. The minimum Gasteiger partial charge on any atom is -0.466 e. The third-order valence-corrected chi connectivity index (χ3v) is 3.70. The Morgan fingerprint density at radius 2 is 1.18 bits per heavy atom. The summed E-state index contributed by atoms with van der Waals surface area (Å²) >= 11 is 0. The van der Waals surface area contributed by atoms with Crippen LogP contribution in [-0.2, 0) is 38.1 Å². The summed E-state index contributed by atoms with van der Waals surface area (Å²) in [6.07, 6.45) is 2.10. The van der Waals surface area contributed by atoms with Crippen molar-refractivity contribution < 1.29 is 53.4 Å². The Hall–Kier alpha value is -2.75. The number of nitrogens with zero attached hydrogens (tertiary/aromatic N) is 1. The summed E-state index contributed by atoms with van der Waals surface area (Å²) in [6.45, 7) is 14.3. The molecular formula is C26H49NO11. The highest BCUT2D eigenvalue weighted by molar-refractivity contribution is 5.75. The molecule has 38 heavy (non-hydrogen) atoms. The lowest BCUT2D eigenvalue weighted by Gasteiger charge is -2.15. The number of carbonyl (C=O) groups excluding carboxylic acids is 4. The van der Waals surface area contributed by atoms with E-state index in [2.05, 4.69) is 20.3 Å². The zero-order valence-electron chi connectivity index (χ0n) is 24.3. The average molecular weight is 552 g/mol. The summed E-state index contributed by atoms with van der Waals surface area (Å²) in [5.41, 5.74) is -0.951. The largest absolute Gasteiger partial charge is 0.466 e. The molecular weight excluding hydrogens is 502 g/mol. The second-order valence-corrected chi connectivity index (χ2v) is 9.19. The molecule has 0 rings (SSSR count). The van der Waals surface area contributed by atoms with Gasteiger partial charge in [0, 0.05) is 19.8 Å². The number of carbonyl (C=O) groups is 4. The first kappa shape index (κ1) is 42.3. The Morgan fingerprint density at radius 1 is 0.737 bits per heavy atom. The van der Waals surface area contributed by atoms with E-state index >= 15 is 0 Å². The SMILES string of the molecule is CC(=O)OCCO.CC(C)(C#N)CCC(=O)OCCO.CC(C)(C)C(=O)OCCO.CCCOC(=O)CC. The zero-order chi connectivity index (χ0) is 30.6. The highest BCUT2D eigenvalue weighted by Gasteiger charge is 2.22. The molecule has 0 aromatic carbocycles. The Kier molecular flexibility index (Phi) is 30.4. The van der Waals surface area contributed by atoms with Crippen LogP contribution in [0.15, 0.2) is 0 Å². The minimum atomic E-state index is -0.488. The molecule has 0 bridgehead atoms. The van der Waals surface area contributed by atoms with Crippen molar-refractivity contribution >= 4 is 23.9 Å². The van der Waals surface area contributed by atoms with Crippen LogP contribution < -0.4 is 0 Å². The summed E-state index contributed by atoms with van der Waals surface area (Å²) in [7, 11) is 0. The maximum atomic E-state index is 10.9. The van der Waals surface area contributed by atoms with Crippen molar-refractivity contribution in [1.82, 2.24) is 0 Å². The maximum Gasteiger partial charge on any atom is 0.311 e. The zero-order valence-corrected chi connectivity index (χ0v) is 24.3. The van der Waals surface area contributed by atoms with Crippen molar-refractivity contribution in [2.45, 2.75) is 81.1 Å². The van der Waals surface area contributed by atoms with E-state index in [0.29, 0.717) is 19.4 Å². The fraction of sp³-hybridized carbons (Fsp3) is 0.808. The highest BCUT2D eigenvalue weighted by atomic mass is 16.5. The first-order chi connectivity index (χ1) is 17.6. The molecule has 0 atom stereocenters. The lowest BCUT2D eigenvalue weighted by molar-refractivity contribution is -0.154. The van der Waals surface area contributed by atoms with E-state index in [1.54, 1.807) is 41.5 Å². The Morgan fingerprint density at radius 3 is 1.53 bits per heavy atom. The van der Waals surface area contributed by atoms with Gasteiger partial charge < -0.3 is 34.3 Å². The van der Waals surface area contributed by atoms with Crippen LogP contribution in [0.2, 0.25) is 0 Å². The molecule has 0 aromatic heterocycles. The summed E-state index contributed by atoms with van der Waals surface area (Å²) in [5, 5.41) is 33.3. The molecule has 3 N–H and O–H groups in total. The lowest BCUT2D eigenvalue weighted by Crippen LogP contribution is -2.24. The topological polar surface area (TPSA) is 190 Å². The number of nitriles is 1. The van der Waals surface area contributed by atoms with E-state index in [-0.39, 0.29) is 69.9 Å². The molecule has 0 saturated heterocycles. The standard InChI is InChI=1S/C9H15NO3.C7H14O3.C6H12O2.C4H8O3/c1-9(2,7-10)4-3-8(12)13-6-5-11;1-7(2,3)6(9)10-5-4-8;1-3-5-8-6(7)4-2;1-4(6)7-3-2-5/h11H,3-6H2,1-2H3;8H,4-5H2,1-3H3;3-5H2,1-2H3;5H,2-3H2,1H3. The van der Waals surface area contributed by atoms with Gasteiger partial charge in [-0.05, 0) is 47.5 Å².